The summed E-state index contributed by atoms with van der Waals surface area (Å²) in [6.45, 7) is 5.35. The second-order valence-corrected chi connectivity index (χ2v) is 8.85. The molecule has 4 heterocycles. The van der Waals surface area contributed by atoms with Gasteiger partial charge in [-0.1, -0.05) is 12.1 Å². The number of rotatable bonds is 6. The molecule has 1 aliphatic rings. The van der Waals surface area contributed by atoms with E-state index < -0.39 is 0 Å². The van der Waals surface area contributed by atoms with Crippen LogP contribution in [0.3, 0.4) is 0 Å². The van der Waals surface area contributed by atoms with Crippen LogP contribution in [0, 0.1) is 6.92 Å². The number of benzene rings is 1. The molecule has 1 aliphatic heterocycles. The number of aromatic nitrogens is 3. The van der Waals surface area contributed by atoms with Gasteiger partial charge >= 0.3 is 0 Å². The normalized spacial score (nSPS) is 16.4. The number of piperidine rings is 1. The van der Waals surface area contributed by atoms with Crippen molar-refractivity contribution in [2.75, 3.05) is 18.0 Å². The lowest BCUT2D eigenvalue weighted by Gasteiger charge is -2.40. The molecular weight excluding hydrogens is 410 g/mol. The molecule has 33 heavy (non-hydrogen) atoms. The van der Waals surface area contributed by atoms with E-state index in [-0.39, 0.29) is 5.43 Å². The molecule has 5 rings (SSSR count). The Balaban J connectivity index is 1.45. The first kappa shape index (κ1) is 21.3. The molecule has 6 heteroatoms. The highest BCUT2D eigenvalue weighted by atomic mass is 16.1. The number of aromatic amines is 1. The standard InChI is InChI=1S/C27H29N5O/c1-20-14-21(10-12-29-20)17-32(18-22-15-30-26-9-3-2-8-25(26)27(22)33)24-7-5-13-31(19-24)23-6-4-11-28-16-23/h2-4,6,8-12,14-16,24H,5,7,13,17-19H2,1H3,(H,30,33). The van der Waals surface area contributed by atoms with Crippen LogP contribution in [0.25, 0.3) is 10.9 Å². The van der Waals surface area contributed by atoms with Crippen molar-refractivity contribution in [1.82, 2.24) is 19.9 Å². The zero-order valence-corrected chi connectivity index (χ0v) is 18.9. The van der Waals surface area contributed by atoms with Crippen LogP contribution in [-0.4, -0.2) is 39.0 Å². The number of fused-ring (bicyclic) bond motifs is 1. The summed E-state index contributed by atoms with van der Waals surface area (Å²) in [5.74, 6) is 0. The molecule has 1 saturated heterocycles. The molecule has 1 fully saturated rings. The van der Waals surface area contributed by atoms with Gasteiger partial charge < -0.3 is 9.88 Å². The van der Waals surface area contributed by atoms with Crippen molar-refractivity contribution in [3.63, 3.8) is 0 Å². The summed E-state index contributed by atoms with van der Waals surface area (Å²) in [5, 5.41) is 0.746. The molecule has 0 amide bonds. The number of anilines is 1. The third kappa shape index (κ3) is 4.81. The molecule has 1 unspecified atom stereocenters. The van der Waals surface area contributed by atoms with Gasteiger partial charge in [0.2, 0.25) is 0 Å². The van der Waals surface area contributed by atoms with Crippen molar-refractivity contribution < 1.29 is 0 Å². The van der Waals surface area contributed by atoms with Crippen molar-refractivity contribution >= 4 is 16.6 Å². The first-order valence-corrected chi connectivity index (χ1v) is 11.6. The van der Waals surface area contributed by atoms with Crippen LogP contribution in [0.15, 0.2) is 78.1 Å². The van der Waals surface area contributed by atoms with Crippen LogP contribution in [0.5, 0.6) is 0 Å². The van der Waals surface area contributed by atoms with Gasteiger partial charge in [-0.25, -0.2) is 0 Å². The molecule has 6 nitrogen and oxygen atoms in total. The number of nitrogens with one attached hydrogen (secondary N) is 1. The topological polar surface area (TPSA) is 65.1 Å². The number of para-hydroxylation sites is 1. The van der Waals surface area contributed by atoms with Gasteiger partial charge in [0.1, 0.15) is 0 Å². The SMILES string of the molecule is Cc1cc(CN(Cc2c[nH]c3ccccc3c2=O)C2CCCN(c3cccnc3)C2)ccn1. The molecule has 0 spiro atoms. The van der Waals surface area contributed by atoms with Gasteiger partial charge in [-0.3, -0.25) is 19.7 Å². The fourth-order valence-corrected chi connectivity index (χ4v) is 4.83. The third-order valence-electron chi connectivity index (χ3n) is 6.51. The number of hydrogen-bond acceptors (Lipinski definition) is 5. The highest BCUT2D eigenvalue weighted by molar-refractivity contribution is 5.78. The monoisotopic (exact) mass is 439 g/mol. The van der Waals surface area contributed by atoms with E-state index >= 15 is 0 Å². The Labute approximate surface area is 193 Å². The maximum atomic E-state index is 13.3. The van der Waals surface area contributed by atoms with E-state index in [2.05, 4.69) is 43.0 Å². The average Bonchev–Trinajstić information content (AvgIpc) is 2.86. The molecule has 0 saturated carbocycles. The molecule has 0 aliphatic carbocycles. The molecular formula is C27H29N5O. The summed E-state index contributed by atoms with van der Waals surface area (Å²) in [6, 6.07) is 16.4. The summed E-state index contributed by atoms with van der Waals surface area (Å²) in [7, 11) is 0. The van der Waals surface area contributed by atoms with E-state index in [9.17, 15) is 4.79 Å². The van der Waals surface area contributed by atoms with Gasteiger partial charge in [0.15, 0.2) is 5.43 Å². The van der Waals surface area contributed by atoms with E-state index in [1.54, 1.807) is 0 Å². The van der Waals surface area contributed by atoms with Gasteiger partial charge in [-0.05, 0) is 61.7 Å². The van der Waals surface area contributed by atoms with Crippen molar-refractivity contribution in [1.29, 1.82) is 0 Å². The average molecular weight is 440 g/mol. The number of H-pyrrole nitrogens is 1. The summed E-state index contributed by atoms with van der Waals surface area (Å²) < 4.78 is 0. The molecule has 0 radical (unpaired) electrons. The Morgan fingerprint density at radius 1 is 1.12 bits per heavy atom. The second kappa shape index (κ2) is 9.55. The Morgan fingerprint density at radius 2 is 2.03 bits per heavy atom. The van der Waals surface area contributed by atoms with E-state index in [1.807, 2.05) is 62.0 Å². The minimum Gasteiger partial charge on any atom is -0.369 e. The summed E-state index contributed by atoms with van der Waals surface area (Å²) in [5.41, 5.74) is 5.18. The first-order valence-electron chi connectivity index (χ1n) is 11.6. The van der Waals surface area contributed by atoms with Crippen molar-refractivity contribution in [3.8, 4) is 0 Å². The number of hydrogen-bond donors (Lipinski definition) is 1. The highest BCUT2D eigenvalue weighted by Gasteiger charge is 2.27. The van der Waals surface area contributed by atoms with Crippen LogP contribution in [-0.2, 0) is 13.1 Å². The smallest absolute Gasteiger partial charge is 0.193 e. The number of pyridine rings is 3. The Bertz CT molecular complexity index is 1290. The minimum atomic E-state index is 0.111. The summed E-state index contributed by atoms with van der Waals surface area (Å²) >= 11 is 0. The minimum absolute atomic E-state index is 0.111. The molecule has 1 aromatic carbocycles. The first-order chi connectivity index (χ1) is 16.2. The molecule has 1 atom stereocenters. The lowest BCUT2D eigenvalue weighted by molar-refractivity contribution is 0.158. The number of nitrogens with zero attached hydrogens (tertiary/aromatic N) is 4. The molecule has 168 valence electrons. The zero-order chi connectivity index (χ0) is 22.6. The maximum absolute atomic E-state index is 13.3. The Morgan fingerprint density at radius 3 is 2.88 bits per heavy atom. The molecule has 4 aromatic rings. The zero-order valence-electron chi connectivity index (χ0n) is 18.9. The van der Waals surface area contributed by atoms with Gasteiger partial charge in [-0.2, -0.15) is 0 Å². The van der Waals surface area contributed by atoms with Gasteiger partial charge in [0.25, 0.3) is 0 Å². The summed E-state index contributed by atoms with van der Waals surface area (Å²) in [6.07, 6.45) is 9.72. The number of aryl methyl sites for hydroxylation is 1. The Kier molecular flexibility index (Phi) is 6.17. The van der Waals surface area contributed by atoms with Crippen LogP contribution < -0.4 is 10.3 Å². The Hall–Kier alpha value is -3.51. The predicted octanol–water partition coefficient (Wildman–Crippen LogP) is 4.30. The largest absolute Gasteiger partial charge is 0.369 e. The van der Waals surface area contributed by atoms with E-state index in [1.165, 1.54) is 5.56 Å². The van der Waals surface area contributed by atoms with Crippen LogP contribution >= 0.6 is 0 Å². The van der Waals surface area contributed by atoms with Crippen molar-refractivity contribution in [2.45, 2.75) is 38.9 Å². The third-order valence-corrected chi connectivity index (χ3v) is 6.51. The lowest BCUT2D eigenvalue weighted by Crippen LogP contribution is -2.48. The van der Waals surface area contributed by atoms with Gasteiger partial charge in [-0.15, -0.1) is 0 Å². The fraction of sp³-hybridized carbons (Fsp3) is 0.296. The lowest BCUT2D eigenvalue weighted by atomic mass is 10.0. The molecule has 3 aromatic heterocycles. The maximum Gasteiger partial charge on any atom is 0.193 e. The van der Waals surface area contributed by atoms with Crippen molar-refractivity contribution in [2.24, 2.45) is 0 Å². The molecule has 1 N–H and O–H groups in total. The quantitative estimate of drug-likeness (QED) is 0.485. The summed E-state index contributed by atoms with van der Waals surface area (Å²) in [4.78, 5) is 30.1. The van der Waals surface area contributed by atoms with Crippen LogP contribution in [0.2, 0.25) is 0 Å². The van der Waals surface area contributed by atoms with Crippen LogP contribution in [0.4, 0.5) is 5.69 Å². The van der Waals surface area contributed by atoms with E-state index in [0.29, 0.717) is 12.6 Å². The fourth-order valence-electron chi connectivity index (χ4n) is 4.83. The van der Waals surface area contributed by atoms with E-state index in [4.69, 9.17) is 0 Å². The van der Waals surface area contributed by atoms with Crippen LogP contribution in [0.1, 0.15) is 29.7 Å². The predicted molar refractivity (Wildman–Crippen MR) is 132 cm³/mol. The second-order valence-electron chi connectivity index (χ2n) is 8.85. The van der Waals surface area contributed by atoms with Crippen molar-refractivity contribution in [3.05, 3.63) is 100 Å². The van der Waals surface area contributed by atoms with E-state index in [0.717, 1.165) is 60.3 Å². The highest BCUT2D eigenvalue weighted by Crippen LogP contribution is 2.24. The molecule has 0 bridgehead atoms. The van der Waals surface area contributed by atoms with Gasteiger partial charge in [0.05, 0.1) is 11.9 Å². The van der Waals surface area contributed by atoms with Gasteiger partial charge in [0, 0.05) is 73.0 Å².